The predicted octanol–water partition coefficient (Wildman–Crippen LogP) is 2.35. The number of nitrogens with one attached hydrogen (secondary N) is 1. The Bertz CT molecular complexity index is 615. The summed E-state index contributed by atoms with van der Waals surface area (Å²) in [5.74, 6) is -0.526. The zero-order valence-electron chi connectivity index (χ0n) is 8.66. The van der Waals surface area contributed by atoms with E-state index in [1.54, 1.807) is 6.07 Å². The topological polar surface area (TPSA) is 98.0 Å². The van der Waals surface area contributed by atoms with E-state index in [9.17, 15) is 14.9 Å². The van der Waals surface area contributed by atoms with E-state index in [1.165, 1.54) is 12.1 Å². The van der Waals surface area contributed by atoms with Crippen LogP contribution in [0.1, 0.15) is 10.5 Å². The fourth-order valence-electron chi connectivity index (χ4n) is 1.10. The van der Waals surface area contributed by atoms with Gasteiger partial charge in [0.1, 0.15) is 17.0 Å². The van der Waals surface area contributed by atoms with Crippen molar-refractivity contribution in [3.63, 3.8) is 0 Å². The zero-order valence-corrected chi connectivity index (χ0v) is 10.2. The van der Waals surface area contributed by atoms with Gasteiger partial charge in [-0.3, -0.25) is 20.2 Å². The number of carbonyl (C=O) groups excluding carboxylic acids is 1. The molecular formula is C9H5ClN4O3S. The minimum Gasteiger partial charge on any atom is -0.296 e. The van der Waals surface area contributed by atoms with Crippen LogP contribution in [0, 0.1) is 10.1 Å². The van der Waals surface area contributed by atoms with Crippen molar-refractivity contribution >= 4 is 39.0 Å². The average molecular weight is 285 g/mol. The van der Waals surface area contributed by atoms with E-state index in [2.05, 4.69) is 15.3 Å². The molecule has 2 heterocycles. The number of amides is 1. The Morgan fingerprint density at radius 2 is 2.28 bits per heavy atom. The van der Waals surface area contributed by atoms with Gasteiger partial charge in [-0.1, -0.05) is 17.7 Å². The van der Waals surface area contributed by atoms with Crippen LogP contribution in [0.3, 0.4) is 0 Å². The number of carbonyl (C=O) groups is 1. The van der Waals surface area contributed by atoms with Gasteiger partial charge in [-0.2, -0.15) is 0 Å². The minimum atomic E-state index is -0.578. The van der Waals surface area contributed by atoms with Crippen LogP contribution in [0.5, 0.6) is 0 Å². The van der Waals surface area contributed by atoms with Crippen molar-refractivity contribution in [1.29, 1.82) is 0 Å². The second-order valence-electron chi connectivity index (χ2n) is 3.06. The molecule has 0 unspecified atom stereocenters. The molecule has 0 aliphatic carbocycles. The molecule has 0 saturated heterocycles. The fraction of sp³-hybridized carbons (Fsp3) is 0. The molecule has 0 aromatic carbocycles. The number of halogens is 1. The summed E-state index contributed by atoms with van der Waals surface area (Å²) in [5.41, 5.74) is 0.111. The number of thiazole rings is 1. The Kier molecular flexibility index (Phi) is 3.49. The molecular weight excluding hydrogens is 280 g/mol. The normalized spacial score (nSPS) is 10.1. The van der Waals surface area contributed by atoms with Gasteiger partial charge in [0.2, 0.25) is 0 Å². The van der Waals surface area contributed by atoms with E-state index in [0.717, 1.165) is 17.5 Å². The molecule has 2 rings (SSSR count). The third-order valence-electron chi connectivity index (χ3n) is 1.84. The van der Waals surface area contributed by atoms with Gasteiger partial charge in [-0.05, 0) is 23.5 Å². The Morgan fingerprint density at radius 1 is 1.50 bits per heavy atom. The quantitative estimate of drug-likeness (QED) is 0.530. The van der Waals surface area contributed by atoms with Crippen LogP contribution in [0.25, 0.3) is 0 Å². The highest BCUT2D eigenvalue weighted by atomic mass is 35.5. The number of rotatable bonds is 3. The predicted molar refractivity (Wildman–Crippen MR) is 66.0 cm³/mol. The highest BCUT2D eigenvalue weighted by Gasteiger charge is 2.15. The molecule has 7 nitrogen and oxygen atoms in total. The second-order valence-corrected chi connectivity index (χ2v) is 4.46. The van der Waals surface area contributed by atoms with Gasteiger partial charge in [-0.15, -0.1) is 0 Å². The molecule has 1 amide bonds. The lowest BCUT2D eigenvalue weighted by molar-refractivity contribution is -0.380. The first-order valence-electron chi connectivity index (χ1n) is 4.60. The van der Waals surface area contributed by atoms with Crippen molar-refractivity contribution in [1.82, 2.24) is 9.97 Å². The van der Waals surface area contributed by atoms with E-state index in [-0.39, 0.29) is 21.0 Å². The number of hydrogen-bond donors (Lipinski definition) is 1. The van der Waals surface area contributed by atoms with Crippen LogP contribution in [0.4, 0.5) is 10.1 Å². The number of nitrogens with zero attached hydrogens (tertiary/aromatic N) is 3. The average Bonchev–Trinajstić information content (AvgIpc) is 2.77. The standard InChI is InChI=1S/C9H5ClN4O3S/c10-6-3-1-2-5(12-6)8(15)13-9-11-4-7(18-9)14(16)17/h1-4H,(H,11,13,15). The van der Waals surface area contributed by atoms with E-state index in [4.69, 9.17) is 11.6 Å². The van der Waals surface area contributed by atoms with Gasteiger partial charge >= 0.3 is 5.00 Å². The van der Waals surface area contributed by atoms with Crippen molar-refractivity contribution in [2.45, 2.75) is 0 Å². The Morgan fingerprint density at radius 3 is 2.89 bits per heavy atom. The summed E-state index contributed by atoms with van der Waals surface area (Å²) in [7, 11) is 0. The molecule has 0 radical (unpaired) electrons. The molecule has 2 aromatic heterocycles. The summed E-state index contributed by atoms with van der Waals surface area (Å²) >= 11 is 6.41. The highest BCUT2D eigenvalue weighted by molar-refractivity contribution is 7.18. The fourth-order valence-corrected chi connectivity index (χ4v) is 1.89. The van der Waals surface area contributed by atoms with Crippen molar-refractivity contribution in [2.75, 3.05) is 5.32 Å². The van der Waals surface area contributed by atoms with Crippen molar-refractivity contribution < 1.29 is 9.72 Å². The van der Waals surface area contributed by atoms with Crippen LogP contribution >= 0.6 is 22.9 Å². The summed E-state index contributed by atoms with van der Waals surface area (Å²) in [4.78, 5) is 29.1. The Balaban J connectivity index is 2.13. The van der Waals surface area contributed by atoms with Crippen LogP contribution in [-0.2, 0) is 0 Å². The number of anilines is 1. The third-order valence-corrected chi connectivity index (χ3v) is 2.92. The van der Waals surface area contributed by atoms with Gasteiger partial charge in [0.25, 0.3) is 5.91 Å². The van der Waals surface area contributed by atoms with Crippen LogP contribution in [0.2, 0.25) is 5.15 Å². The lowest BCUT2D eigenvalue weighted by Crippen LogP contribution is -2.13. The summed E-state index contributed by atoms with van der Waals surface area (Å²) in [5, 5.41) is 13.0. The molecule has 0 aliphatic heterocycles. The van der Waals surface area contributed by atoms with E-state index in [0.29, 0.717) is 0 Å². The maximum absolute atomic E-state index is 11.7. The molecule has 92 valence electrons. The summed E-state index contributed by atoms with van der Waals surface area (Å²) in [6.45, 7) is 0. The molecule has 18 heavy (non-hydrogen) atoms. The molecule has 0 aliphatic rings. The minimum absolute atomic E-state index is 0.111. The molecule has 2 aromatic rings. The van der Waals surface area contributed by atoms with Crippen LogP contribution in [-0.4, -0.2) is 20.8 Å². The molecule has 1 N–H and O–H groups in total. The summed E-state index contributed by atoms with van der Waals surface area (Å²) in [6, 6.07) is 4.59. The monoisotopic (exact) mass is 284 g/mol. The number of hydrogen-bond acceptors (Lipinski definition) is 6. The van der Waals surface area contributed by atoms with Crippen LogP contribution < -0.4 is 5.32 Å². The first-order valence-corrected chi connectivity index (χ1v) is 5.80. The molecule has 0 spiro atoms. The summed E-state index contributed by atoms with van der Waals surface area (Å²) in [6.07, 6.45) is 1.08. The Labute approximate surface area is 110 Å². The van der Waals surface area contributed by atoms with E-state index in [1.807, 2.05) is 0 Å². The maximum atomic E-state index is 11.7. The van der Waals surface area contributed by atoms with Gasteiger partial charge in [0.05, 0.1) is 4.92 Å². The number of pyridine rings is 1. The first-order chi connectivity index (χ1) is 8.56. The third kappa shape index (κ3) is 2.79. The molecule has 0 saturated carbocycles. The lowest BCUT2D eigenvalue weighted by Gasteiger charge is -2.00. The van der Waals surface area contributed by atoms with Gasteiger partial charge in [-0.25, -0.2) is 9.97 Å². The Hall–Kier alpha value is -2.06. The molecule has 0 bridgehead atoms. The zero-order chi connectivity index (χ0) is 13.1. The number of nitro groups is 1. The largest absolute Gasteiger partial charge is 0.345 e. The van der Waals surface area contributed by atoms with Gasteiger partial charge in [0, 0.05) is 0 Å². The first kappa shape index (κ1) is 12.4. The SMILES string of the molecule is O=C(Nc1ncc([N+](=O)[O-])s1)c1cccc(Cl)n1. The highest BCUT2D eigenvalue weighted by Crippen LogP contribution is 2.25. The van der Waals surface area contributed by atoms with E-state index >= 15 is 0 Å². The van der Waals surface area contributed by atoms with Crippen LogP contribution in [0.15, 0.2) is 24.4 Å². The second kappa shape index (κ2) is 5.07. The van der Waals surface area contributed by atoms with Crippen molar-refractivity contribution in [3.8, 4) is 0 Å². The van der Waals surface area contributed by atoms with Crippen molar-refractivity contribution in [2.24, 2.45) is 0 Å². The van der Waals surface area contributed by atoms with E-state index < -0.39 is 10.8 Å². The number of aromatic nitrogens is 2. The van der Waals surface area contributed by atoms with Gasteiger partial charge < -0.3 is 0 Å². The maximum Gasteiger partial charge on any atom is 0.345 e. The smallest absolute Gasteiger partial charge is 0.296 e. The van der Waals surface area contributed by atoms with Gasteiger partial charge in [0.15, 0.2) is 5.13 Å². The molecule has 0 fully saturated rings. The molecule has 9 heteroatoms. The summed E-state index contributed by atoms with van der Waals surface area (Å²) < 4.78 is 0. The lowest BCUT2D eigenvalue weighted by atomic mass is 10.3. The molecule has 0 atom stereocenters. The van der Waals surface area contributed by atoms with Crippen molar-refractivity contribution in [3.05, 3.63) is 45.4 Å².